The summed E-state index contributed by atoms with van der Waals surface area (Å²) in [5, 5.41) is 4.37. The Kier molecular flexibility index (Phi) is 7.24. The lowest BCUT2D eigenvalue weighted by molar-refractivity contribution is 0.0956. The van der Waals surface area contributed by atoms with Gasteiger partial charge in [-0.2, -0.15) is 0 Å². The van der Waals surface area contributed by atoms with Crippen LogP contribution in [-0.4, -0.2) is 25.4 Å². The number of aromatic nitrogens is 1. The number of aryl methyl sites for hydroxylation is 3. The normalized spacial score (nSPS) is 11.4. The van der Waals surface area contributed by atoms with E-state index in [0.29, 0.717) is 51.2 Å². The van der Waals surface area contributed by atoms with Crippen LogP contribution in [0.25, 0.3) is 21.9 Å². The second-order valence-corrected chi connectivity index (χ2v) is 10.8. The van der Waals surface area contributed by atoms with Crippen LogP contribution < -0.4 is 15.6 Å². The van der Waals surface area contributed by atoms with Gasteiger partial charge in [-0.25, -0.2) is 12.8 Å². The van der Waals surface area contributed by atoms with Crippen molar-refractivity contribution in [3.63, 3.8) is 0 Å². The number of benzene rings is 3. The van der Waals surface area contributed by atoms with Crippen molar-refractivity contribution < 1.29 is 22.3 Å². The number of amides is 1. The molecular formula is C29H27FN2O5S. The zero-order valence-electron chi connectivity index (χ0n) is 21.5. The van der Waals surface area contributed by atoms with Crippen molar-refractivity contribution in [2.75, 3.05) is 6.54 Å². The highest BCUT2D eigenvalue weighted by atomic mass is 32.2. The van der Waals surface area contributed by atoms with Gasteiger partial charge in [0.1, 0.15) is 17.3 Å². The molecule has 0 radical (unpaired) electrons. The van der Waals surface area contributed by atoms with Crippen LogP contribution in [0.4, 0.5) is 4.39 Å². The molecule has 1 aromatic heterocycles. The number of carbonyl (C=O) groups is 1. The smallest absolute Gasteiger partial charge is 0.258 e. The maximum absolute atomic E-state index is 13.9. The van der Waals surface area contributed by atoms with Gasteiger partial charge in [0.05, 0.1) is 4.90 Å². The first-order chi connectivity index (χ1) is 18.0. The summed E-state index contributed by atoms with van der Waals surface area (Å²) in [6.45, 7) is 9.07. The Balaban J connectivity index is 2.02. The molecule has 3 aromatic carbocycles. The predicted octanol–water partition coefficient (Wildman–Crippen LogP) is 5.42. The lowest BCUT2D eigenvalue weighted by Gasteiger charge is -2.18. The van der Waals surface area contributed by atoms with E-state index in [1.807, 2.05) is 0 Å². The van der Waals surface area contributed by atoms with Gasteiger partial charge in [-0.3, -0.25) is 9.59 Å². The van der Waals surface area contributed by atoms with Crippen LogP contribution >= 0.6 is 0 Å². The first-order valence-electron chi connectivity index (χ1n) is 11.8. The molecule has 9 heteroatoms. The zero-order valence-corrected chi connectivity index (χ0v) is 22.3. The molecule has 0 saturated heterocycles. The molecule has 0 aliphatic rings. The molecule has 4 rings (SSSR count). The molecule has 1 N–H and O–H groups in total. The summed E-state index contributed by atoms with van der Waals surface area (Å²) in [6, 6.07) is 11.9. The van der Waals surface area contributed by atoms with Crippen LogP contribution in [-0.2, 0) is 16.9 Å². The van der Waals surface area contributed by atoms with Crippen molar-refractivity contribution in [2.24, 2.45) is 7.05 Å². The Labute approximate surface area is 220 Å². The molecule has 7 nitrogen and oxygen atoms in total. The molecule has 196 valence electrons. The van der Waals surface area contributed by atoms with Gasteiger partial charge in [-0.15, -0.1) is 0 Å². The van der Waals surface area contributed by atoms with Gasteiger partial charge in [0.2, 0.25) is 0 Å². The van der Waals surface area contributed by atoms with E-state index in [1.54, 1.807) is 46.1 Å². The van der Waals surface area contributed by atoms with Crippen molar-refractivity contribution in [1.82, 2.24) is 9.88 Å². The molecule has 0 aliphatic carbocycles. The van der Waals surface area contributed by atoms with E-state index < -0.39 is 15.7 Å². The zero-order chi connectivity index (χ0) is 27.8. The summed E-state index contributed by atoms with van der Waals surface area (Å²) in [5.41, 5.74) is 2.03. The summed E-state index contributed by atoms with van der Waals surface area (Å²) in [7, 11) is -2.23. The minimum Gasteiger partial charge on any atom is -0.456 e. The van der Waals surface area contributed by atoms with Gasteiger partial charge in [0.25, 0.3) is 11.5 Å². The Morgan fingerprint density at radius 1 is 1.05 bits per heavy atom. The fourth-order valence-electron chi connectivity index (χ4n) is 4.34. The Morgan fingerprint density at radius 3 is 2.37 bits per heavy atom. The molecule has 0 aliphatic heterocycles. The van der Waals surface area contributed by atoms with Gasteiger partial charge in [0.15, 0.2) is 9.84 Å². The molecule has 0 saturated carbocycles. The minimum absolute atomic E-state index is 0.0108. The van der Waals surface area contributed by atoms with E-state index in [9.17, 15) is 22.4 Å². The van der Waals surface area contributed by atoms with Crippen LogP contribution in [0, 0.1) is 19.7 Å². The number of halogens is 1. The Hall–Kier alpha value is -4.24. The van der Waals surface area contributed by atoms with E-state index >= 15 is 0 Å². The molecular weight excluding hydrogens is 507 g/mol. The fourth-order valence-corrected chi connectivity index (χ4v) is 5.07. The number of hydrogen-bond acceptors (Lipinski definition) is 5. The summed E-state index contributed by atoms with van der Waals surface area (Å²) in [4.78, 5) is 25.5. The standard InChI is InChI=1S/C29H27FN2O5S/c1-6-31-28(33)19-8-10-22-24(14-19)29(34)32(5)16-25(22)23-15-21(38(35,36)7-2)9-11-26(23)37-27-17(3)12-20(30)13-18(27)4/h7-16H,2,6H2,1,3-5H3,(H,31,33). The lowest BCUT2D eigenvalue weighted by Crippen LogP contribution is -2.23. The van der Waals surface area contributed by atoms with Crippen LogP contribution in [0.2, 0.25) is 0 Å². The van der Waals surface area contributed by atoms with Crippen molar-refractivity contribution >= 4 is 26.5 Å². The van der Waals surface area contributed by atoms with Crippen LogP contribution in [0.5, 0.6) is 11.5 Å². The average molecular weight is 535 g/mol. The highest BCUT2D eigenvalue weighted by Gasteiger charge is 2.20. The first kappa shape index (κ1) is 26.8. The maximum atomic E-state index is 13.9. The minimum atomic E-state index is -3.80. The molecule has 4 aromatic rings. The van der Waals surface area contributed by atoms with E-state index in [2.05, 4.69) is 11.9 Å². The van der Waals surface area contributed by atoms with Gasteiger partial charge in [-0.05, 0) is 79.7 Å². The topological polar surface area (TPSA) is 94.5 Å². The van der Waals surface area contributed by atoms with Crippen molar-refractivity contribution in [1.29, 1.82) is 0 Å². The second-order valence-electron chi connectivity index (χ2n) is 8.92. The quantitative estimate of drug-likeness (QED) is 0.342. The molecule has 0 fully saturated rings. The van der Waals surface area contributed by atoms with E-state index in [0.717, 1.165) is 5.41 Å². The maximum Gasteiger partial charge on any atom is 0.258 e. The highest BCUT2D eigenvalue weighted by molar-refractivity contribution is 7.94. The SMILES string of the molecule is C=CS(=O)(=O)c1ccc(Oc2c(C)cc(F)cc2C)c(-c2cn(C)c(=O)c3cc(C(=O)NCC)ccc23)c1. The number of ether oxygens (including phenoxy) is 1. The third-order valence-corrected chi connectivity index (χ3v) is 7.56. The van der Waals surface area contributed by atoms with Gasteiger partial charge < -0.3 is 14.6 Å². The lowest BCUT2D eigenvalue weighted by atomic mass is 9.98. The first-order valence-corrected chi connectivity index (χ1v) is 13.4. The van der Waals surface area contributed by atoms with Crippen LogP contribution in [0.15, 0.2) is 76.4 Å². The number of pyridine rings is 1. The highest BCUT2D eigenvalue weighted by Crippen LogP contribution is 2.40. The fraction of sp³-hybridized carbons (Fsp3) is 0.172. The molecule has 0 atom stereocenters. The second kappa shape index (κ2) is 10.3. The third kappa shape index (κ3) is 4.97. The summed E-state index contributed by atoms with van der Waals surface area (Å²) < 4.78 is 46.9. The van der Waals surface area contributed by atoms with E-state index in [4.69, 9.17) is 4.74 Å². The van der Waals surface area contributed by atoms with Crippen molar-refractivity contribution in [3.8, 4) is 22.6 Å². The van der Waals surface area contributed by atoms with Crippen molar-refractivity contribution in [3.05, 3.63) is 99.6 Å². The number of rotatable bonds is 7. The molecule has 0 unspecified atom stereocenters. The largest absolute Gasteiger partial charge is 0.456 e. The van der Waals surface area contributed by atoms with Crippen LogP contribution in [0.1, 0.15) is 28.4 Å². The molecule has 0 bridgehead atoms. The number of carbonyl (C=O) groups excluding carboxylic acids is 1. The van der Waals surface area contributed by atoms with Gasteiger partial charge >= 0.3 is 0 Å². The van der Waals surface area contributed by atoms with E-state index in [1.165, 1.54) is 41.0 Å². The molecule has 0 spiro atoms. The summed E-state index contributed by atoms with van der Waals surface area (Å²) in [6.07, 6.45) is 1.59. The molecule has 1 heterocycles. The Morgan fingerprint density at radius 2 is 1.74 bits per heavy atom. The number of sulfone groups is 1. The molecule has 38 heavy (non-hydrogen) atoms. The summed E-state index contributed by atoms with van der Waals surface area (Å²) in [5.74, 6) is 0.0253. The number of nitrogens with one attached hydrogen (secondary N) is 1. The third-order valence-electron chi connectivity index (χ3n) is 6.21. The summed E-state index contributed by atoms with van der Waals surface area (Å²) >= 11 is 0. The number of hydrogen-bond donors (Lipinski definition) is 1. The molecule has 1 amide bonds. The number of nitrogens with zero attached hydrogens (tertiary/aromatic N) is 1. The van der Waals surface area contributed by atoms with E-state index in [-0.39, 0.29) is 21.7 Å². The van der Waals surface area contributed by atoms with Crippen LogP contribution in [0.3, 0.4) is 0 Å². The van der Waals surface area contributed by atoms with Gasteiger partial charge in [-0.1, -0.05) is 12.6 Å². The number of fused-ring (bicyclic) bond motifs is 1. The Bertz CT molecular complexity index is 1750. The average Bonchev–Trinajstić information content (AvgIpc) is 2.88. The monoisotopic (exact) mass is 534 g/mol. The van der Waals surface area contributed by atoms with Gasteiger partial charge in [0, 0.05) is 47.3 Å². The predicted molar refractivity (Wildman–Crippen MR) is 146 cm³/mol. The van der Waals surface area contributed by atoms with Crippen molar-refractivity contribution in [2.45, 2.75) is 25.7 Å².